The number of nitro groups is 1. The van der Waals surface area contributed by atoms with E-state index in [0.29, 0.717) is 5.95 Å². The molecule has 2 aromatic carbocycles. The van der Waals surface area contributed by atoms with Crippen LogP contribution < -0.4 is 5.43 Å². The van der Waals surface area contributed by atoms with Gasteiger partial charge in [-0.2, -0.15) is 5.10 Å². The van der Waals surface area contributed by atoms with Crippen LogP contribution in [0.5, 0.6) is 5.75 Å². The van der Waals surface area contributed by atoms with Crippen LogP contribution in [0.1, 0.15) is 5.56 Å². The molecule has 1 heterocycles. The Morgan fingerprint density at radius 1 is 1.27 bits per heavy atom. The summed E-state index contributed by atoms with van der Waals surface area (Å²) in [6.45, 7) is 0. The second kappa shape index (κ2) is 5.52. The summed E-state index contributed by atoms with van der Waals surface area (Å²) >= 11 is 0. The van der Waals surface area contributed by atoms with E-state index in [0.717, 1.165) is 11.0 Å². The number of aromatic nitrogens is 2. The lowest BCUT2D eigenvalue weighted by molar-refractivity contribution is -0.385. The number of aromatic hydroxyl groups is 1. The first-order valence-corrected chi connectivity index (χ1v) is 6.35. The Kier molecular flexibility index (Phi) is 3.40. The molecular weight excluding hydrogens is 286 g/mol. The monoisotopic (exact) mass is 297 g/mol. The molecule has 110 valence electrons. The maximum atomic E-state index is 10.7. The van der Waals surface area contributed by atoms with Gasteiger partial charge in [0.1, 0.15) is 0 Å². The number of benzene rings is 2. The average molecular weight is 297 g/mol. The van der Waals surface area contributed by atoms with Crippen LogP contribution in [0.3, 0.4) is 0 Å². The largest absolute Gasteiger partial charge is 0.502 e. The van der Waals surface area contributed by atoms with E-state index in [4.69, 9.17) is 0 Å². The molecule has 0 saturated carbocycles. The number of nitrogens with zero attached hydrogens (tertiary/aromatic N) is 3. The third-order valence-corrected chi connectivity index (χ3v) is 3.01. The van der Waals surface area contributed by atoms with Gasteiger partial charge in [-0.25, -0.2) is 10.4 Å². The van der Waals surface area contributed by atoms with Crippen LogP contribution >= 0.6 is 0 Å². The molecule has 0 saturated heterocycles. The van der Waals surface area contributed by atoms with Crippen LogP contribution in [-0.4, -0.2) is 26.2 Å². The van der Waals surface area contributed by atoms with Gasteiger partial charge in [0, 0.05) is 11.6 Å². The van der Waals surface area contributed by atoms with E-state index in [1.54, 1.807) is 0 Å². The van der Waals surface area contributed by atoms with Crippen molar-refractivity contribution >= 4 is 28.9 Å². The number of hydrogen-bond donors (Lipinski definition) is 3. The Hall–Kier alpha value is -3.42. The molecule has 3 aromatic rings. The van der Waals surface area contributed by atoms with Gasteiger partial charge >= 0.3 is 5.69 Å². The zero-order chi connectivity index (χ0) is 15.5. The fraction of sp³-hybridized carbons (Fsp3) is 0. The maximum absolute atomic E-state index is 10.7. The van der Waals surface area contributed by atoms with E-state index >= 15 is 0 Å². The fourth-order valence-electron chi connectivity index (χ4n) is 1.97. The molecule has 3 N–H and O–H groups in total. The highest BCUT2D eigenvalue weighted by Gasteiger charge is 2.14. The van der Waals surface area contributed by atoms with E-state index in [9.17, 15) is 15.2 Å². The molecule has 0 amide bonds. The summed E-state index contributed by atoms with van der Waals surface area (Å²) in [5, 5.41) is 24.4. The number of imidazole rings is 1. The van der Waals surface area contributed by atoms with Crippen molar-refractivity contribution in [3.05, 3.63) is 58.1 Å². The third-order valence-electron chi connectivity index (χ3n) is 3.01. The summed E-state index contributed by atoms with van der Waals surface area (Å²) in [6.07, 6.45) is 1.29. The Labute approximate surface area is 124 Å². The Bertz CT molecular complexity index is 839. The first-order chi connectivity index (χ1) is 10.6. The average Bonchev–Trinajstić information content (AvgIpc) is 2.91. The molecule has 0 radical (unpaired) electrons. The highest BCUT2D eigenvalue weighted by molar-refractivity contribution is 5.86. The molecule has 0 aliphatic rings. The van der Waals surface area contributed by atoms with Gasteiger partial charge in [-0.3, -0.25) is 10.1 Å². The number of aromatic amines is 1. The van der Waals surface area contributed by atoms with Gasteiger partial charge < -0.3 is 10.1 Å². The van der Waals surface area contributed by atoms with Crippen molar-refractivity contribution in [1.82, 2.24) is 9.97 Å². The first kappa shape index (κ1) is 13.6. The summed E-state index contributed by atoms with van der Waals surface area (Å²) in [4.78, 5) is 17.4. The van der Waals surface area contributed by atoms with Crippen molar-refractivity contribution in [2.24, 2.45) is 5.10 Å². The summed E-state index contributed by atoms with van der Waals surface area (Å²) in [7, 11) is 0. The number of fused-ring (bicyclic) bond motifs is 1. The minimum atomic E-state index is -0.653. The molecule has 3 rings (SSSR count). The van der Waals surface area contributed by atoms with Crippen LogP contribution in [-0.2, 0) is 0 Å². The summed E-state index contributed by atoms with van der Waals surface area (Å²) < 4.78 is 0. The molecule has 1 aromatic heterocycles. The smallest absolute Gasteiger partial charge is 0.311 e. The molecule has 8 heteroatoms. The van der Waals surface area contributed by atoms with Crippen molar-refractivity contribution in [1.29, 1.82) is 0 Å². The Morgan fingerprint density at radius 2 is 2.09 bits per heavy atom. The number of para-hydroxylation sites is 3. The van der Waals surface area contributed by atoms with Crippen molar-refractivity contribution in [2.75, 3.05) is 5.43 Å². The minimum absolute atomic E-state index is 0.234. The highest BCUT2D eigenvalue weighted by atomic mass is 16.6. The number of hydrazone groups is 1. The zero-order valence-electron chi connectivity index (χ0n) is 11.2. The van der Waals surface area contributed by atoms with Gasteiger partial charge in [-0.05, 0) is 18.2 Å². The van der Waals surface area contributed by atoms with Crippen LogP contribution in [0.15, 0.2) is 47.6 Å². The van der Waals surface area contributed by atoms with Crippen LogP contribution in [0.2, 0.25) is 0 Å². The number of rotatable bonds is 4. The number of H-pyrrole nitrogens is 1. The Balaban J connectivity index is 1.80. The first-order valence-electron chi connectivity index (χ1n) is 6.35. The molecule has 8 nitrogen and oxygen atoms in total. The van der Waals surface area contributed by atoms with E-state index in [1.165, 1.54) is 24.4 Å². The van der Waals surface area contributed by atoms with Crippen LogP contribution in [0.4, 0.5) is 11.6 Å². The molecular formula is C14H11N5O3. The molecule has 0 fully saturated rings. The number of hydrogen-bond acceptors (Lipinski definition) is 6. The third kappa shape index (κ3) is 2.57. The summed E-state index contributed by atoms with van der Waals surface area (Å²) in [6, 6.07) is 11.7. The van der Waals surface area contributed by atoms with Gasteiger partial charge in [0.25, 0.3) is 0 Å². The minimum Gasteiger partial charge on any atom is -0.502 e. The van der Waals surface area contributed by atoms with Crippen LogP contribution in [0.25, 0.3) is 11.0 Å². The normalized spacial score (nSPS) is 11.1. The summed E-state index contributed by atoms with van der Waals surface area (Å²) in [5.74, 6) is 0.00465. The number of nitrogens with one attached hydrogen (secondary N) is 2. The second-order valence-electron chi connectivity index (χ2n) is 4.44. The number of nitro benzene ring substituents is 1. The summed E-state index contributed by atoms with van der Waals surface area (Å²) in [5.41, 5.74) is 4.20. The van der Waals surface area contributed by atoms with Crippen molar-refractivity contribution in [3.63, 3.8) is 0 Å². The van der Waals surface area contributed by atoms with Crippen molar-refractivity contribution in [2.45, 2.75) is 0 Å². The van der Waals surface area contributed by atoms with E-state index in [2.05, 4.69) is 20.5 Å². The molecule has 0 aliphatic heterocycles. The Morgan fingerprint density at radius 3 is 2.86 bits per heavy atom. The van der Waals surface area contributed by atoms with Crippen LogP contribution in [0, 0.1) is 10.1 Å². The van der Waals surface area contributed by atoms with Gasteiger partial charge in [-0.1, -0.05) is 18.2 Å². The predicted molar refractivity (Wildman–Crippen MR) is 82.1 cm³/mol. The molecule has 0 aliphatic carbocycles. The number of phenols is 1. The van der Waals surface area contributed by atoms with Gasteiger partial charge in [0.15, 0.2) is 0 Å². The molecule has 0 unspecified atom stereocenters. The number of anilines is 1. The molecule has 0 atom stereocenters. The highest BCUT2D eigenvalue weighted by Crippen LogP contribution is 2.27. The predicted octanol–water partition coefficient (Wildman–Crippen LogP) is 2.62. The molecule has 0 bridgehead atoms. The molecule has 0 spiro atoms. The van der Waals surface area contributed by atoms with E-state index < -0.39 is 10.7 Å². The SMILES string of the molecule is O=[N+]([O-])c1cccc(/C=N/Nc2nc3ccccc3[nH]2)c1O. The molecule has 22 heavy (non-hydrogen) atoms. The van der Waals surface area contributed by atoms with Crippen molar-refractivity contribution in [3.8, 4) is 5.75 Å². The van der Waals surface area contributed by atoms with E-state index in [1.807, 2.05) is 24.3 Å². The van der Waals surface area contributed by atoms with Crippen molar-refractivity contribution < 1.29 is 10.0 Å². The number of phenolic OH excluding ortho intramolecular Hbond substituents is 1. The standard InChI is InChI=1S/C14H11N5O3/c20-13-9(4-3-7-12(13)19(21)22)8-15-18-14-16-10-5-1-2-6-11(10)17-14/h1-8,20H,(H2,16,17,18)/b15-8+. The zero-order valence-corrected chi connectivity index (χ0v) is 11.2. The lowest BCUT2D eigenvalue weighted by Gasteiger charge is -1.99. The second-order valence-corrected chi connectivity index (χ2v) is 4.44. The van der Waals surface area contributed by atoms with Gasteiger partial charge in [0.05, 0.1) is 22.2 Å². The maximum Gasteiger partial charge on any atom is 0.311 e. The van der Waals surface area contributed by atoms with Gasteiger partial charge in [-0.15, -0.1) is 0 Å². The lowest BCUT2D eigenvalue weighted by Crippen LogP contribution is -1.95. The van der Waals surface area contributed by atoms with E-state index in [-0.39, 0.29) is 11.3 Å². The lowest BCUT2D eigenvalue weighted by atomic mass is 10.2. The topological polar surface area (TPSA) is 116 Å². The van der Waals surface area contributed by atoms with Gasteiger partial charge in [0.2, 0.25) is 11.7 Å². The quantitative estimate of drug-likeness (QED) is 0.389. The fourth-order valence-corrected chi connectivity index (χ4v) is 1.97.